The molecule has 2 heterocycles. The van der Waals surface area contributed by atoms with Crippen LogP contribution in [0.3, 0.4) is 0 Å². The van der Waals surface area contributed by atoms with Gasteiger partial charge in [-0.1, -0.05) is 6.42 Å². The molecule has 2 N–H and O–H groups in total. The summed E-state index contributed by atoms with van der Waals surface area (Å²) in [7, 11) is 0. The van der Waals surface area contributed by atoms with Crippen molar-refractivity contribution in [2.24, 2.45) is 5.92 Å². The van der Waals surface area contributed by atoms with Gasteiger partial charge in [0.2, 0.25) is 0 Å². The fraction of sp³-hybridized carbons (Fsp3) is 0.800. The van der Waals surface area contributed by atoms with Crippen molar-refractivity contribution in [3.8, 4) is 0 Å². The third-order valence-corrected chi connectivity index (χ3v) is 5.46. The van der Waals surface area contributed by atoms with Crippen LogP contribution in [-0.4, -0.2) is 30.2 Å². The van der Waals surface area contributed by atoms with Gasteiger partial charge < -0.3 is 10.6 Å². The highest BCUT2D eigenvalue weighted by Gasteiger charge is 2.34. The van der Waals surface area contributed by atoms with Crippen molar-refractivity contribution >= 4 is 11.3 Å². The number of hydrogen-bond acceptors (Lipinski definition) is 4. The molecule has 0 radical (unpaired) electrons. The number of rotatable bonds is 5. The summed E-state index contributed by atoms with van der Waals surface area (Å²) in [5.41, 5.74) is 1.25. The van der Waals surface area contributed by atoms with Gasteiger partial charge >= 0.3 is 0 Å². The first kappa shape index (κ1) is 13.5. The average molecular weight is 279 g/mol. The summed E-state index contributed by atoms with van der Waals surface area (Å²) in [4.78, 5) is 4.54. The maximum Gasteiger partial charge on any atom is 0.0897 e. The Labute approximate surface area is 120 Å². The summed E-state index contributed by atoms with van der Waals surface area (Å²) in [6.45, 7) is 4.39. The van der Waals surface area contributed by atoms with E-state index in [9.17, 15) is 0 Å². The zero-order chi connectivity index (χ0) is 13.1. The Morgan fingerprint density at radius 2 is 2.32 bits per heavy atom. The second-order valence-electron chi connectivity index (χ2n) is 5.97. The Bertz CT molecular complexity index is 398. The lowest BCUT2D eigenvalue weighted by Gasteiger charge is -2.26. The molecule has 106 valence electrons. The fourth-order valence-corrected chi connectivity index (χ4v) is 4.36. The van der Waals surface area contributed by atoms with Gasteiger partial charge in [0.25, 0.3) is 0 Å². The predicted octanol–water partition coefficient (Wildman–Crippen LogP) is 2.50. The Balaban J connectivity index is 1.46. The van der Waals surface area contributed by atoms with Crippen LogP contribution < -0.4 is 10.6 Å². The van der Waals surface area contributed by atoms with Crippen molar-refractivity contribution in [1.29, 1.82) is 0 Å². The Morgan fingerprint density at radius 1 is 1.37 bits per heavy atom. The molecule has 0 bridgehead atoms. The summed E-state index contributed by atoms with van der Waals surface area (Å²) < 4.78 is 0. The highest BCUT2D eigenvalue weighted by Crippen LogP contribution is 2.31. The van der Waals surface area contributed by atoms with Crippen molar-refractivity contribution < 1.29 is 0 Å². The number of aryl methyl sites for hydroxylation is 1. The SMILES string of the molecule is Cc1nc(CCNC2CCCC2C2CCCN2)cs1. The molecule has 1 aromatic heterocycles. The molecule has 3 unspecified atom stereocenters. The van der Waals surface area contributed by atoms with E-state index in [0.29, 0.717) is 0 Å². The van der Waals surface area contributed by atoms with Gasteiger partial charge in [0.1, 0.15) is 0 Å². The highest BCUT2D eigenvalue weighted by molar-refractivity contribution is 7.09. The maximum atomic E-state index is 4.54. The van der Waals surface area contributed by atoms with E-state index in [2.05, 4.69) is 27.9 Å². The van der Waals surface area contributed by atoms with Gasteiger partial charge in [-0.05, 0) is 45.1 Å². The minimum atomic E-state index is 0.732. The summed E-state index contributed by atoms with van der Waals surface area (Å²) in [6.07, 6.45) is 7.99. The Kier molecular flexibility index (Phi) is 4.51. The minimum Gasteiger partial charge on any atom is -0.314 e. The van der Waals surface area contributed by atoms with Crippen LogP contribution >= 0.6 is 11.3 Å². The quantitative estimate of drug-likeness (QED) is 0.869. The zero-order valence-corrected chi connectivity index (χ0v) is 12.6. The van der Waals surface area contributed by atoms with Crippen LogP contribution in [0.4, 0.5) is 0 Å². The topological polar surface area (TPSA) is 37.0 Å². The van der Waals surface area contributed by atoms with Crippen LogP contribution in [0.15, 0.2) is 5.38 Å². The second-order valence-corrected chi connectivity index (χ2v) is 7.03. The normalized spacial score (nSPS) is 31.1. The first-order chi connectivity index (χ1) is 9.33. The highest BCUT2D eigenvalue weighted by atomic mass is 32.1. The molecule has 1 aromatic rings. The molecule has 0 amide bonds. The van der Waals surface area contributed by atoms with Crippen molar-refractivity contribution in [3.63, 3.8) is 0 Å². The fourth-order valence-electron chi connectivity index (χ4n) is 3.71. The summed E-state index contributed by atoms with van der Waals surface area (Å²) >= 11 is 1.76. The number of nitrogens with zero attached hydrogens (tertiary/aromatic N) is 1. The van der Waals surface area contributed by atoms with Crippen molar-refractivity contribution in [3.05, 3.63) is 16.1 Å². The Morgan fingerprint density at radius 3 is 3.05 bits per heavy atom. The molecule has 19 heavy (non-hydrogen) atoms. The summed E-state index contributed by atoms with van der Waals surface area (Å²) in [6, 6.07) is 1.51. The van der Waals surface area contributed by atoms with E-state index in [-0.39, 0.29) is 0 Å². The second kappa shape index (κ2) is 6.33. The minimum absolute atomic E-state index is 0.732. The summed E-state index contributed by atoms with van der Waals surface area (Å²) in [5, 5.41) is 10.9. The summed E-state index contributed by atoms with van der Waals surface area (Å²) in [5.74, 6) is 0.861. The lowest BCUT2D eigenvalue weighted by molar-refractivity contribution is 0.322. The number of aromatic nitrogens is 1. The van der Waals surface area contributed by atoms with E-state index in [1.54, 1.807) is 11.3 Å². The van der Waals surface area contributed by atoms with E-state index in [0.717, 1.165) is 31.0 Å². The lowest BCUT2D eigenvalue weighted by atomic mass is 9.93. The molecule has 3 rings (SSSR count). The molecular weight excluding hydrogens is 254 g/mol. The first-order valence-corrected chi connectivity index (χ1v) is 8.58. The molecule has 1 aliphatic carbocycles. The van der Waals surface area contributed by atoms with E-state index in [1.165, 1.54) is 49.4 Å². The number of hydrogen-bond donors (Lipinski definition) is 2. The molecule has 1 saturated heterocycles. The van der Waals surface area contributed by atoms with E-state index in [4.69, 9.17) is 0 Å². The van der Waals surface area contributed by atoms with Gasteiger partial charge in [-0.2, -0.15) is 0 Å². The molecule has 2 aliphatic rings. The largest absolute Gasteiger partial charge is 0.314 e. The van der Waals surface area contributed by atoms with Crippen LogP contribution in [0, 0.1) is 12.8 Å². The molecule has 3 atom stereocenters. The molecule has 2 fully saturated rings. The zero-order valence-electron chi connectivity index (χ0n) is 11.8. The molecule has 1 aliphatic heterocycles. The smallest absolute Gasteiger partial charge is 0.0897 e. The van der Waals surface area contributed by atoms with Gasteiger partial charge in [0.15, 0.2) is 0 Å². The van der Waals surface area contributed by atoms with Gasteiger partial charge in [-0.15, -0.1) is 11.3 Å². The van der Waals surface area contributed by atoms with Crippen molar-refractivity contribution in [2.45, 2.75) is 57.5 Å². The van der Waals surface area contributed by atoms with Crippen LogP contribution in [-0.2, 0) is 6.42 Å². The standard InChI is InChI=1S/C15H25N3S/c1-11-18-12(10-19-11)7-9-17-14-5-2-4-13(14)15-6-3-8-16-15/h10,13-17H,2-9H2,1H3. The molecular formula is C15H25N3S. The van der Waals surface area contributed by atoms with Crippen LogP contribution in [0.1, 0.15) is 42.8 Å². The third kappa shape index (κ3) is 3.36. The van der Waals surface area contributed by atoms with Gasteiger partial charge in [-0.25, -0.2) is 4.98 Å². The Hall–Kier alpha value is -0.450. The van der Waals surface area contributed by atoms with Gasteiger partial charge in [0.05, 0.1) is 10.7 Å². The first-order valence-electron chi connectivity index (χ1n) is 7.71. The molecule has 0 aromatic carbocycles. The monoisotopic (exact) mass is 279 g/mol. The third-order valence-electron chi connectivity index (χ3n) is 4.64. The van der Waals surface area contributed by atoms with E-state index in [1.807, 2.05) is 0 Å². The molecule has 0 spiro atoms. The van der Waals surface area contributed by atoms with Gasteiger partial charge in [0, 0.05) is 30.4 Å². The molecule has 4 heteroatoms. The molecule has 1 saturated carbocycles. The van der Waals surface area contributed by atoms with Gasteiger partial charge in [-0.3, -0.25) is 0 Å². The van der Waals surface area contributed by atoms with E-state index < -0.39 is 0 Å². The lowest BCUT2D eigenvalue weighted by Crippen LogP contribution is -2.42. The number of nitrogens with one attached hydrogen (secondary N) is 2. The van der Waals surface area contributed by atoms with Crippen LogP contribution in [0.5, 0.6) is 0 Å². The predicted molar refractivity (Wildman–Crippen MR) is 80.7 cm³/mol. The molecule has 3 nitrogen and oxygen atoms in total. The van der Waals surface area contributed by atoms with Crippen LogP contribution in [0.25, 0.3) is 0 Å². The van der Waals surface area contributed by atoms with E-state index >= 15 is 0 Å². The van der Waals surface area contributed by atoms with Crippen molar-refractivity contribution in [1.82, 2.24) is 15.6 Å². The number of thiazole rings is 1. The average Bonchev–Trinajstić information content (AvgIpc) is 3.09. The van der Waals surface area contributed by atoms with Crippen molar-refractivity contribution in [2.75, 3.05) is 13.1 Å². The maximum absolute atomic E-state index is 4.54. The van der Waals surface area contributed by atoms with Crippen LogP contribution in [0.2, 0.25) is 0 Å².